The fourth-order valence-electron chi connectivity index (χ4n) is 16.9. The molecule has 3 N–H and O–H groups in total. The minimum absolute atomic E-state index is 0. The molecule has 35 heteroatoms. The van der Waals surface area contributed by atoms with Crippen LogP contribution in [0, 0.1) is 22.7 Å². The fourth-order valence-corrected chi connectivity index (χ4v) is 18.0. The number of nitrogens with zero attached hydrogens (tertiary/aromatic N) is 13. The van der Waals surface area contributed by atoms with Crippen molar-refractivity contribution in [2.24, 2.45) is 0 Å². The van der Waals surface area contributed by atoms with Crippen LogP contribution in [0.5, 0.6) is 0 Å². The van der Waals surface area contributed by atoms with E-state index in [4.69, 9.17) is 130 Å². The first kappa shape index (κ1) is 125. The van der Waals surface area contributed by atoms with Crippen LogP contribution in [0.2, 0.25) is 25.1 Å². The second-order valence-corrected chi connectivity index (χ2v) is 42.5. The van der Waals surface area contributed by atoms with E-state index in [0.29, 0.717) is 142 Å². The number of aliphatic hydroxyl groups is 3. The number of hydrogen-bond acceptors (Lipinski definition) is 20. The zero-order valence-electron chi connectivity index (χ0n) is 85.8. The van der Waals surface area contributed by atoms with Gasteiger partial charge in [-0.25, -0.2) is 28.7 Å². The van der Waals surface area contributed by atoms with Crippen molar-refractivity contribution in [2.75, 3.05) is 129 Å². The summed E-state index contributed by atoms with van der Waals surface area (Å²) in [7, 11) is 1.00. The number of alkyl halides is 2. The van der Waals surface area contributed by atoms with Crippen LogP contribution in [-0.2, 0) is 69.5 Å². The Bertz CT molecular complexity index is 5360. The molecule has 6 aliphatic heterocycles. The largest absolute Gasteiger partial charge is 1.00 e. The predicted octanol–water partition coefficient (Wildman–Crippen LogP) is 20.0. The van der Waals surface area contributed by atoms with Crippen molar-refractivity contribution in [2.45, 2.75) is 237 Å². The molecule has 15 rings (SSSR count). The van der Waals surface area contributed by atoms with Gasteiger partial charge in [0.25, 0.3) is 0 Å². The van der Waals surface area contributed by atoms with E-state index in [1.54, 1.807) is 51.1 Å². The maximum atomic E-state index is 12.1. The van der Waals surface area contributed by atoms with Gasteiger partial charge in [0.2, 0.25) is 0 Å². The number of pyridine rings is 1. The summed E-state index contributed by atoms with van der Waals surface area (Å²) in [5.74, 6) is 1.57. The molecule has 0 unspecified atom stereocenters. The number of benzene rings is 6. The monoisotopic (exact) mass is 2110 g/mol. The molecule has 9 aromatic rings. The summed E-state index contributed by atoms with van der Waals surface area (Å²) < 4.78 is 30.3. The van der Waals surface area contributed by atoms with Crippen LogP contribution in [0.15, 0.2) is 182 Å². The van der Waals surface area contributed by atoms with Gasteiger partial charge in [-0.1, -0.05) is 156 Å². The summed E-state index contributed by atoms with van der Waals surface area (Å²) in [5, 5.41) is 58.2. The Labute approximate surface area is 907 Å². The van der Waals surface area contributed by atoms with E-state index in [-0.39, 0.29) is 95.2 Å². The van der Waals surface area contributed by atoms with Crippen LogP contribution < -0.4 is 34.5 Å². The van der Waals surface area contributed by atoms with Gasteiger partial charge in [0.15, 0.2) is 11.5 Å². The van der Waals surface area contributed by atoms with Crippen LogP contribution >= 0.6 is 81.2 Å². The van der Waals surface area contributed by atoms with E-state index in [9.17, 15) is 39.4 Å². The van der Waals surface area contributed by atoms with Crippen molar-refractivity contribution in [1.82, 2.24) is 48.9 Å². The van der Waals surface area contributed by atoms with E-state index < -0.39 is 33.2 Å². The summed E-state index contributed by atoms with van der Waals surface area (Å²) in [6.45, 7) is 33.3. The standard InChI is InChI=1S/C34H38ClN7O.C17H21ClN2O2.C17H24ClNO3.C17H22ClNO3.C9H17Cl2NO2.C8H6ClN.C4H8O.CH4O.CH4.B.Na.H/c35-29-10-8-28(9-11-29)34(25-43)14-19-40(20-15-34)31-7-4-16-41-33(31)37-32(38-41)21-27-22-36-42(24-27)30-12-17-39(18-13-30)23-26-5-2-1-3-6-26;1-16(2,3)22-15(21)20-10-8-17(12-19,9-11-20)13-4-6-14(18)7-5-13;2*1-16(2,3)22-15(21)19-10-8-17(12-20,9-11-19)13-4-6-14(18)7-5-13;1-9(2,3)14-8(13)12(6-4-10)7-5-11;9-8-3-1-7(2-4-8)5-6-10;1-2-4-5-3-1;1-2;;;;/h1-11,16,22,24,30,43H,12-15,17-21,23,25H2;4-7H,8-11H2,1-3H3;4-7,20H,8-12H2,1-3H3;4-7,12H,8-11H2,1-3H3;4-7H2,1-3H3;1-4H,5H2;1-4H2;2H,1H3;1H4;;;/q;;;;;;;;;;+1;-1. The Morgan fingerprint density at radius 1 is 0.524 bits per heavy atom. The van der Waals surface area contributed by atoms with Crippen molar-refractivity contribution in [3.05, 3.63) is 252 Å². The number of rotatable bonds is 18. The Balaban J connectivity index is 0.000000373. The maximum Gasteiger partial charge on any atom is 1.00 e. The number of carbonyl (C=O) groups excluding carboxylic acids is 5. The van der Waals surface area contributed by atoms with Gasteiger partial charge in [-0.3, -0.25) is 9.58 Å². The molecular formula is C108H145BCl7N13NaO13. The summed E-state index contributed by atoms with van der Waals surface area (Å²) in [6, 6.07) is 57.4. The second-order valence-electron chi connectivity index (χ2n) is 39.6. The zero-order chi connectivity index (χ0) is 102. The normalized spacial score (nSPS) is 16.3. The Hall–Kier alpha value is -8.43. The van der Waals surface area contributed by atoms with E-state index in [0.717, 1.165) is 141 Å². The minimum atomic E-state index is -0.552. The molecule has 0 atom stereocenters. The summed E-state index contributed by atoms with van der Waals surface area (Å²) in [4.78, 5) is 76.0. The number of likely N-dealkylation sites (tertiary alicyclic amines) is 4. The molecule has 0 aliphatic carbocycles. The van der Waals surface area contributed by atoms with Gasteiger partial charge < -0.3 is 69.7 Å². The number of fused-ring (bicyclic) bond motifs is 1. The molecule has 6 saturated heterocycles. The first-order valence-corrected chi connectivity index (χ1v) is 50.7. The number of nitriles is 2. The van der Waals surface area contributed by atoms with Crippen LogP contribution in [0.25, 0.3) is 5.65 Å². The number of aldehydes is 1. The van der Waals surface area contributed by atoms with Gasteiger partial charge >= 0.3 is 53.9 Å². The molecule has 3 radical (unpaired) electrons. The minimum Gasteiger partial charge on any atom is -1.00 e. The molecule has 26 nitrogen and oxygen atoms in total. The summed E-state index contributed by atoms with van der Waals surface area (Å²) in [5.41, 5.74) is 6.00. The van der Waals surface area contributed by atoms with Gasteiger partial charge in [0.05, 0.1) is 60.5 Å². The number of halogens is 7. The van der Waals surface area contributed by atoms with E-state index >= 15 is 0 Å². The van der Waals surface area contributed by atoms with Gasteiger partial charge in [-0.15, -0.1) is 23.2 Å². The average Bonchev–Trinajstić information content (AvgIpc) is 1.83. The third kappa shape index (κ3) is 40.0. The number of ether oxygens (including phenoxy) is 5. The Kier molecular flexibility index (Phi) is 52.6. The van der Waals surface area contributed by atoms with Crippen LogP contribution in [0.1, 0.15) is 220 Å². The number of carbonyl (C=O) groups is 5. The van der Waals surface area contributed by atoms with Crippen LogP contribution in [0.4, 0.5) is 24.9 Å². The zero-order valence-corrected chi connectivity index (χ0v) is 92.1. The molecule has 6 aromatic carbocycles. The molecule has 0 bridgehead atoms. The van der Waals surface area contributed by atoms with Crippen molar-refractivity contribution >= 4 is 132 Å². The average molecular weight is 2120 g/mol. The maximum absolute atomic E-state index is 12.1. The molecule has 0 saturated carbocycles. The molecule has 9 heterocycles. The number of aromatic nitrogens is 5. The van der Waals surface area contributed by atoms with E-state index in [1.165, 1.54) is 23.3 Å². The van der Waals surface area contributed by atoms with E-state index in [1.807, 2.05) is 179 Å². The SMILES string of the molecule is C.C1CCOC1.CC(C)(C)OC(=O)N(CCCl)CCCl.CC(C)(C)OC(=O)N1CCC(C#N)(c2ccc(Cl)cc2)CC1.CC(C)(C)OC(=O)N1CCC(C=O)(c2ccc(Cl)cc2)CC1.CC(C)(C)OC(=O)N1CCC(CO)(c2ccc(Cl)cc2)CC1.CO.N#CCc1ccc(Cl)cc1.OCC1(c2ccc(Cl)cc2)CCN(c2cccn3nc(Cc4cnn(C5CCN(Cc6ccccc6)CC5)c4)nc23)CC1.[B].[H-].[Na+]. The van der Waals surface area contributed by atoms with Gasteiger partial charge in [-0.05, 0) is 272 Å². The number of piperidine rings is 5. The number of hydrogen-bond donors (Lipinski definition) is 3. The molecule has 3 aromatic heterocycles. The Morgan fingerprint density at radius 2 is 0.930 bits per heavy atom. The first-order valence-electron chi connectivity index (χ1n) is 47.8. The number of amides is 4. The van der Waals surface area contributed by atoms with Crippen molar-refractivity contribution in [3.8, 4) is 12.1 Å². The van der Waals surface area contributed by atoms with Crippen molar-refractivity contribution < 1.29 is 94.0 Å². The fraction of sp³-hybridized carbons (Fsp3) is 0.519. The topological polar surface area (TPSA) is 307 Å². The number of aliphatic hydroxyl groups excluding tert-OH is 3. The molecule has 4 amide bonds. The van der Waals surface area contributed by atoms with Gasteiger partial charge in [0, 0.05) is 180 Å². The van der Waals surface area contributed by atoms with Crippen molar-refractivity contribution in [1.29, 1.82) is 10.5 Å². The Morgan fingerprint density at radius 3 is 1.32 bits per heavy atom. The van der Waals surface area contributed by atoms with Crippen LogP contribution in [-0.4, -0.2) is 250 Å². The smallest absolute Gasteiger partial charge is 1.00 e. The summed E-state index contributed by atoms with van der Waals surface area (Å²) in [6.07, 6.45) is 17.3. The molecule has 6 aliphatic rings. The summed E-state index contributed by atoms with van der Waals surface area (Å²) >= 11 is 40.6. The first-order chi connectivity index (χ1) is 66.6. The van der Waals surface area contributed by atoms with Crippen LogP contribution in [0.3, 0.4) is 0 Å². The third-order valence-electron chi connectivity index (χ3n) is 24.8. The predicted molar refractivity (Wildman–Crippen MR) is 571 cm³/mol. The quantitative estimate of drug-likeness (QED) is 0.0311. The molecule has 0 spiro atoms. The van der Waals surface area contributed by atoms with E-state index in [2.05, 4.69) is 81.3 Å². The molecule has 143 heavy (non-hydrogen) atoms. The number of anilines is 1. The van der Waals surface area contributed by atoms with Crippen molar-refractivity contribution in [3.63, 3.8) is 0 Å². The molecular weight excluding hydrogens is 1970 g/mol. The molecule has 6 fully saturated rings. The second kappa shape index (κ2) is 60.1. The molecule has 773 valence electrons. The van der Waals surface area contributed by atoms with Gasteiger partial charge in [-0.2, -0.15) is 20.7 Å². The van der Waals surface area contributed by atoms with Gasteiger partial charge in [0.1, 0.15) is 28.7 Å². The third-order valence-corrected chi connectivity index (χ3v) is 26.3.